The molecule has 7 nitrogen and oxygen atoms in total. The molecule has 10 heteroatoms. The molecule has 0 aliphatic rings. The number of halogens is 2. The lowest BCUT2D eigenvalue weighted by atomic mass is 9.78. The van der Waals surface area contributed by atoms with E-state index in [4.69, 9.17) is 16.3 Å². The predicted octanol–water partition coefficient (Wildman–Crippen LogP) is 2.68. The number of hydrogen-bond donors (Lipinski definition) is 0. The minimum atomic E-state index is -3.85. The monoisotopic (exact) mass is 411 g/mol. The Labute approximate surface area is 160 Å². The van der Waals surface area contributed by atoms with Crippen molar-refractivity contribution in [1.29, 1.82) is 5.26 Å². The molecule has 1 aromatic carbocycles. The van der Waals surface area contributed by atoms with Crippen LogP contribution in [0.2, 0.25) is 5.02 Å². The largest absolute Gasteiger partial charge is 0.462 e. The maximum absolute atomic E-state index is 14.6. The third-order valence-electron chi connectivity index (χ3n) is 3.78. The molecule has 1 aromatic heterocycles. The van der Waals surface area contributed by atoms with Gasteiger partial charge in [0.1, 0.15) is 16.8 Å². The van der Waals surface area contributed by atoms with Crippen LogP contribution >= 0.6 is 11.6 Å². The number of carbonyl (C=O) groups is 1. The maximum atomic E-state index is 14.6. The van der Waals surface area contributed by atoms with E-state index in [0.717, 1.165) is 12.5 Å². The average Bonchev–Trinajstić information content (AvgIpc) is 2.62. The van der Waals surface area contributed by atoms with Crippen LogP contribution in [0, 0.1) is 17.1 Å². The van der Waals surface area contributed by atoms with Crippen molar-refractivity contribution in [1.82, 2.24) is 9.97 Å². The fourth-order valence-corrected chi connectivity index (χ4v) is 3.09. The lowest BCUT2D eigenvalue weighted by molar-refractivity contribution is 0.0522. The Hall–Kier alpha value is -2.57. The van der Waals surface area contributed by atoms with Crippen LogP contribution in [-0.2, 0) is 20.0 Å². The lowest BCUT2D eigenvalue weighted by Gasteiger charge is -2.24. The van der Waals surface area contributed by atoms with E-state index in [1.807, 2.05) is 6.07 Å². The highest BCUT2D eigenvalue weighted by Gasteiger charge is 2.39. The zero-order valence-electron chi connectivity index (χ0n) is 14.7. The van der Waals surface area contributed by atoms with Crippen LogP contribution in [0.15, 0.2) is 29.6 Å². The molecule has 2 aromatic rings. The summed E-state index contributed by atoms with van der Waals surface area (Å²) in [6.45, 7) is 2.91. The molecule has 1 heterocycles. The lowest BCUT2D eigenvalue weighted by Crippen LogP contribution is -2.29. The summed E-state index contributed by atoms with van der Waals surface area (Å²) >= 11 is 5.82. The van der Waals surface area contributed by atoms with Gasteiger partial charge in [-0.3, -0.25) is 0 Å². The second kappa shape index (κ2) is 7.58. The SMILES string of the molecule is CCOC(=O)c1cnc(S(C)(=O)=O)nc1C(C)(C#N)c1cccc(Cl)c1F. The number of esters is 1. The van der Waals surface area contributed by atoms with E-state index in [1.54, 1.807) is 6.92 Å². The molecule has 0 aliphatic heterocycles. The van der Waals surface area contributed by atoms with Gasteiger partial charge in [-0.25, -0.2) is 27.6 Å². The average molecular weight is 412 g/mol. The fraction of sp³-hybridized carbons (Fsp3) is 0.294. The molecule has 2 rings (SSSR count). The summed E-state index contributed by atoms with van der Waals surface area (Å²) in [6, 6.07) is 5.94. The number of nitrogens with zero attached hydrogens (tertiary/aromatic N) is 3. The van der Waals surface area contributed by atoms with Gasteiger partial charge in [0.05, 0.1) is 23.4 Å². The molecule has 0 bridgehead atoms. The van der Waals surface area contributed by atoms with Crippen molar-refractivity contribution in [2.24, 2.45) is 0 Å². The standard InChI is InChI=1S/C17H15ClFN3O4S/c1-4-26-15(23)10-8-21-16(27(3,24)25)22-14(10)17(2,9-20)11-6-5-7-12(18)13(11)19/h5-8H,4H2,1-3H3. The van der Waals surface area contributed by atoms with Gasteiger partial charge in [0, 0.05) is 18.0 Å². The summed E-state index contributed by atoms with van der Waals surface area (Å²) in [5.74, 6) is -1.74. The minimum Gasteiger partial charge on any atom is -0.462 e. The summed E-state index contributed by atoms with van der Waals surface area (Å²) in [7, 11) is -3.85. The number of sulfone groups is 1. The number of carbonyl (C=O) groups excluding carboxylic acids is 1. The van der Waals surface area contributed by atoms with Crippen LogP contribution in [-0.4, -0.2) is 37.2 Å². The fourth-order valence-electron chi connectivity index (χ4n) is 2.41. The van der Waals surface area contributed by atoms with Gasteiger partial charge in [0.15, 0.2) is 0 Å². The zero-order valence-corrected chi connectivity index (χ0v) is 16.2. The van der Waals surface area contributed by atoms with E-state index < -0.39 is 32.2 Å². The third kappa shape index (κ3) is 3.91. The third-order valence-corrected chi connectivity index (χ3v) is 4.93. The topological polar surface area (TPSA) is 110 Å². The molecule has 0 amide bonds. The van der Waals surface area contributed by atoms with Gasteiger partial charge in [-0.05, 0) is 19.9 Å². The first-order chi connectivity index (χ1) is 12.6. The molecule has 27 heavy (non-hydrogen) atoms. The molecule has 1 atom stereocenters. The quantitative estimate of drug-likeness (QED) is 0.549. The summed E-state index contributed by atoms with van der Waals surface area (Å²) in [5.41, 5.74) is -2.53. The number of benzene rings is 1. The van der Waals surface area contributed by atoms with Gasteiger partial charge in [-0.15, -0.1) is 0 Å². The Balaban J connectivity index is 2.88. The number of nitriles is 1. The van der Waals surface area contributed by atoms with E-state index in [0.29, 0.717) is 0 Å². The van der Waals surface area contributed by atoms with Crippen molar-refractivity contribution in [3.63, 3.8) is 0 Å². The molecule has 0 fully saturated rings. The maximum Gasteiger partial charge on any atom is 0.341 e. The summed E-state index contributed by atoms with van der Waals surface area (Å²) in [5, 5.41) is 8.98. The van der Waals surface area contributed by atoms with Crippen molar-refractivity contribution in [3.8, 4) is 6.07 Å². The smallest absolute Gasteiger partial charge is 0.341 e. The first kappa shape index (κ1) is 20.7. The second-order valence-corrected chi connectivity index (χ2v) is 8.06. The predicted molar refractivity (Wildman–Crippen MR) is 94.6 cm³/mol. The number of aromatic nitrogens is 2. The van der Waals surface area contributed by atoms with Gasteiger partial charge < -0.3 is 4.74 Å². The number of hydrogen-bond acceptors (Lipinski definition) is 7. The van der Waals surface area contributed by atoms with Crippen molar-refractivity contribution in [2.75, 3.05) is 12.9 Å². The molecular formula is C17H15ClFN3O4S. The van der Waals surface area contributed by atoms with Crippen LogP contribution < -0.4 is 0 Å². The Morgan fingerprint density at radius 2 is 2.11 bits per heavy atom. The molecule has 0 saturated carbocycles. The highest BCUT2D eigenvalue weighted by Crippen LogP contribution is 2.36. The van der Waals surface area contributed by atoms with Crippen molar-refractivity contribution >= 4 is 27.4 Å². The minimum absolute atomic E-state index is 0.0287. The summed E-state index contributed by atoms with van der Waals surface area (Å²) in [4.78, 5) is 19.9. The van der Waals surface area contributed by atoms with Gasteiger partial charge in [0.2, 0.25) is 15.0 Å². The van der Waals surface area contributed by atoms with Crippen LogP contribution in [0.1, 0.15) is 35.5 Å². The highest BCUT2D eigenvalue weighted by molar-refractivity contribution is 7.90. The molecule has 0 radical (unpaired) electrons. The van der Waals surface area contributed by atoms with Gasteiger partial charge in [0.25, 0.3) is 0 Å². The van der Waals surface area contributed by atoms with Crippen LogP contribution in [0.5, 0.6) is 0 Å². The Bertz CT molecular complexity index is 1050. The first-order valence-electron chi connectivity index (χ1n) is 7.66. The van der Waals surface area contributed by atoms with E-state index >= 15 is 0 Å². The molecule has 0 N–H and O–H groups in total. The van der Waals surface area contributed by atoms with E-state index in [2.05, 4.69) is 9.97 Å². The Morgan fingerprint density at radius 1 is 1.44 bits per heavy atom. The molecule has 0 saturated heterocycles. The number of rotatable bonds is 5. The normalized spacial score (nSPS) is 13.5. The second-order valence-electron chi connectivity index (χ2n) is 5.75. The highest BCUT2D eigenvalue weighted by atomic mass is 35.5. The Kier molecular flexibility index (Phi) is 5.82. The van der Waals surface area contributed by atoms with Gasteiger partial charge >= 0.3 is 5.97 Å². The number of ether oxygens (including phenoxy) is 1. The first-order valence-corrected chi connectivity index (χ1v) is 9.93. The summed E-state index contributed by atoms with van der Waals surface area (Å²) < 4.78 is 43.2. The van der Waals surface area contributed by atoms with Crippen LogP contribution in [0.4, 0.5) is 4.39 Å². The van der Waals surface area contributed by atoms with E-state index in [1.165, 1.54) is 25.1 Å². The Morgan fingerprint density at radius 3 is 2.67 bits per heavy atom. The van der Waals surface area contributed by atoms with Crippen molar-refractivity contribution in [3.05, 3.63) is 52.1 Å². The van der Waals surface area contributed by atoms with Crippen LogP contribution in [0.3, 0.4) is 0 Å². The molecular weight excluding hydrogens is 397 g/mol. The van der Waals surface area contributed by atoms with Crippen molar-refractivity contribution < 1.29 is 22.3 Å². The van der Waals surface area contributed by atoms with Gasteiger partial charge in [-0.1, -0.05) is 23.7 Å². The summed E-state index contributed by atoms with van der Waals surface area (Å²) in [6.07, 6.45) is 1.83. The van der Waals surface area contributed by atoms with E-state index in [9.17, 15) is 22.9 Å². The molecule has 142 valence electrons. The molecule has 0 spiro atoms. The van der Waals surface area contributed by atoms with Gasteiger partial charge in [-0.2, -0.15) is 5.26 Å². The zero-order chi connectivity index (χ0) is 20.4. The molecule has 1 unspecified atom stereocenters. The van der Waals surface area contributed by atoms with Crippen molar-refractivity contribution in [2.45, 2.75) is 24.4 Å². The molecule has 0 aliphatic carbocycles. The van der Waals surface area contributed by atoms with E-state index in [-0.39, 0.29) is 28.5 Å². The van der Waals surface area contributed by atoms with Crippen LogP contribution in [0.25, 0.3) is 0 Å².